The molecule has 1 fully saturated rings. The Bertz CT molecular complexity index is 198. The van der Waals surface area contributed by atoms with Crippen LogP contribution < -0.4 is 5.32 Å². The van der Waals surface area contributed by atoms with E-state index in [0.717, 1.165) is 6.54 Å². The summed E-state index contributed by atoms with van der Waals surface area (Å²) in [4.78, 5) is 0. The Kier molecular flexibility index (Phi) is 4.63. The predicted octanol–water partition coefficient (Wildman–Crippen LogP) is 2.36. The average Bonchev–Trinajstić information content (AvgIpc) is 2.50. The molecule has 0 bridgehead atoms. The molecule has 1 aliphatic heterocycles. The SMILES string of the molecule is CNC/C(=C/C1CCC(C)O1)C(C)C. The molecule has 0 aromatic carbocycles. The summed E-state index contributed by atoms with van der Waals surface area (Å²) in [7, 11) is 1.99. The first-order valence-corrected chi connectivity index (χ1v) is 5.64. The third-order valence-electron chi connectivity index (χ3n) is 2.79. The summed E-state index contributed by atoms with van der Waals surface area (Å²) in [6.07, 6.45) is 5.49. The molecule has 0 aromatic heterocycles. The molecule has 0 aliphatic carbocycles. The van der Waals surface area contributed by atoms with Crippen LogP contribution in [0.4, 0.5) is 0 Å². The first-order valence-electron chi connectivity index (χ1n) is 5.64. The van der Waals surface area contributed by atoms with Gasteiger partial charge in [-0.15, -0.1) is 0 Å². The van der Waals surface area contributed by atoms with Crippen LogP contribution in [0.5, 0.6) is 0 Å². The minimum Gasteiger partial charge on any atom is -0.371 e. The summed E-state index contributed by atoms with van der Waals surface area (Å²) in [6.45, 7) is 7.61. The summed E-state index contributed by atoms with van der Waals surface area (Å²) >= 11 is 0. The highest BCUT2D eigenvalue weighted by molar-refractivity contribution is 5.10. The van der Waals surface area contributed by atoms with Crippen molar-refractivity contribution in [3.05, 3.63) is 11.6 Å². The van der Waals surface area contributed by atoms with E-state index in [9.17, 15) is 0 Å². The van der Waals surface area contributed by atoms with E-state index >= 15 is 0 Å². The topological polar surface area (TPSA) is 21.3 Å². The second-order valence-corrected chi connectivity index (χ2v) is 4.49. The van der Waals surface area contributed by atoms with Crippen LogP contribution in [0.1, 0.15) is 33.6 Å². The lowest BCUT2D eigenvalue weighted by atomic mass is 10.0. The van der Waals surface area contributed by atoms with E-state index in [1.54, 1.807) is 0 Å². The zero-order valence-electron chi connectivity index (χ0n) is 9.84. The van der Waals surface area contributed by atoms with Crippen molar-refractivity contribution in [2.45, 2.75) is 45.8 Å². The van der Waals surface area contributed by atoms with E-state index in [0.29, 0.717) is 18.1 Å². The van der Waals surface area contributed by atoms with E-state index in [1.807, 2.05) is 7.05 Å². The van der Waals surface area contributed by atoms with E-state index in [4.69, 9.17) is 4.74 Å². The molecule has 2 nitrogen and oxygen atoms in total. The first-order chi connectivity index (χ1) is 6.63. The molecule has 1 rings (SSSR count). The molecule has 0 aromatic rings. The van der Waals surface area contributed by atoms with Gasteiger partial charge in [0.2, 0.25) is 0 Å². The van der Waals surface area contributed by atoms with Gasteiger partial charge in [0.15, 0.2) is 0 Å². The molecule has 0 saturated carbocycles. The number of hydrogen-bond acceptors (Lipinski definition) is 2. The average molecular weight is 197 g/mol. The predicted molar refractivity (Wildman–Crippen MR) is 60.4 cm³/mol. The van der Waals surface area contributed by atoms with E-state index < -0.39 is 0 Å². The number of ether oxygens (including phenoxy) is 1. The number of hydrogen-bond donors (Lipinski definition) is 1. The summed E-state index contributed by atoms with van der Waals surface area (Å²) < 4.78 is 5.78. The molecule has 0 amide bonds. The van der Waals surface area contributed by atoms with Crippen LogP contribution in [-0.2, 0) is 4.74 Å². The first kappa shape index (κ1) is 11.7. The second-order valence-electron chi connectivity index (χ2n) is 4.49. The van der Waals surface area contributed by atoms with Crippen molar-refractivity contribution in [1.82, 2.24) is 5.32 Å². The van der Waals surface area contributed by atoms with Crippen molar-refractivity contribution in [3.8, 4) is 0 Å². The molecule has 0 radical (unpaired) electrons. The quantitative estimate of drug-likeness (QED) is 0.699. The minimum absolute atomic E-state index is 0.357. The molecule has 2 atom stereocenters. The molecule has 2 heteroatoms. The van der Waals surface area contributed by atoms with Crippen molar-refractivity contribution in [2.75, 3.05) is 13.6 Å². The largest absolute Gasteiger partial charge is 0.371 e. The molecule has 1 N–H and O–H groups in total. The van der Waals surface area contributed by atoms with Gasteiger partial charge in [-0.1, -0.05) is 25.5 Å². The van der Waals surface area contributed by atoms with Gasteiger partial charge >= 0.3 is 0 Å². The summed E-state index contributed by atoms with van der Waals surface area (Å²) in [5.41, 5.74) is 1.46. The molecule has 1 heterocycles. The molecule has 2 unspecified atom stereocenters. The van der Waals surface area contributed by atoms with Crippen molar-refractivity contribution in [2.24, 2.45) is 5.92 Å². The highest BCUT2D eigenvalue weighted by Gasteiger charge is 2.20. The van der Waals surface area contributed by atoms with Crippen LogP contribution >= 0.6 is 0 Å². The highest BCUT2D eigenvalue weighted by atomic mass is 16.5. The van der Waals surface area contributed by atoms with Crippen LogP contribution in [0.15, 0.2) is 11.6 Å². The van der Waals surface area contributed by atoms with Crippen LogP contribution in [0.3, 0.4) is 0 Å². The number of rotatable bonds is 4. The third kappa shape index (κ3) is 3.43. The zero-order valence-corrected chi connectivity index (χ0v) is 9.84. The van der Waals surface area contributed by atoms with Crippen LogP contribution in [-0.4, -0.2) is 25.8 Å². The maximum Gasteiger partial charge on any atom is 0.0763 e. The van der Waals surface area contributed by atoms with Crippen molar-refractivity contribution in [1.29, 1.82) is 0 Å². The Morgan fingerprint density at radius 2 is 2.21 bits per heavy atom. The van der Waals surface area contributed by atoms with Gasteiger partial charge in [-0.25, -0.2) is 0 Å². The van der Waals surface area contributed by atoms with Crippen molar-refractivity contribution in [3.63, 3.8) is 0 Å². The zero-order chi connectivity index (χ0) is 10.6. The van der Waals surface area contributed by atoms with Crippen LogP contribution in [0.2, 0.25) is 0 Å². The molecule has 0 spiro atoms. The fourth-order valence-corrected chi connectivity index (χ4v) is 1.85. The molecular formula is C12H23NO. The standard InChI is InChI=1S/C12H23NO/c1-9(2)11(8-13-4)7-12-6-5-10(3)14-12/h7,9-10,12-13H,5-6,8H2,1-4H3/b11-7-. The molecular weight excluding hydrogens is 174 g/mol. The van der Waals surface area contributed by atoms with E-state index in [2.05, 4.69) is 32.2 Å². The molecule has 82 valence electrons. The van der Waals surface area contributed by atoms with Crippen LogP contribution in [0.25, 0.3) is 0 Å². The third-order valence-corrected chi connectivity index (χ3v) is 2.79. The fourth-order valence-electron chi connectivity index (χ4n) is 1.85. The number of likely N-dealkylation sites (N-methyl/N-ethyl adjacent to an activating group) is 1. The Morgan fingerprint density at radius 3 is 2.64 bits per heavy atom. The number of nitrogens with one attached hydrogen (secondary N) is 1. The monoisotopic (exact) mass is 197 g/mol. The maximum absolute atomic E-state index is 5.78. The lowest BCUT2D eigenvalue weighted by Crippen LogP contribution is -2.16. The second kappa shape index (κ2) is 5.52. The minimum atomic E-state index is 0.357. The Balaban J connectivity index is 2.53. The molecule has 1 saturated heterocycles. The van der Waals surface area contributed by atoms with Crippen molar-refractivity contribution < 1.29 is 4.74 Å². The summed E-state index contributed by atoms with van der Waals surface area (Å²) in [6, 6.07) is 0. The lowest BCUT2D eigenvalue weighted by molar-refractivity contribution is 0.0825. The maximum atomic E-state index is 5.78. The van der Waals surface area contributed by atoms with Gasteiger partial charge in [0.25, 0.3) is 0 Å². The molecule has 1 aliphatic rings. The Hall–Kier alpha value is -0.340. The van der Waals surface area contributed by atoms with Gasteiger partial charge in [0.1, 0.15) is 0 Å². The fraction of sp³-hybridized carbons (Fsp3) is 0.833. The normalized spacial score (nSPS) is 28.8. The van der Waals surface area contributed by atoms with Gasteiger partial charge < -0.3 is 10.1 Å². The van der Waals surface area contributed by atoms with E-state index in [1.165, 1.54) is 18.4 Å². The van der Waals surface area contributed by atoms with Crippen molar-refractivity contribution >= 4 is 0 Å². The smallest absolute Gasteiger partial charge is 0.0763 e. The van der Waals surface area contributed by atoms with Gasteiger partial charge in [-0.2, -0.15) is 0 Å². The van der Waals surface area contributed by atoms with Gasteiger partial charge in [-0.05, 0) is 32.7 Å². The van der Waals surface area contributed by atoms with E-state index in [-0.39, 0.29) is 0 Å². The van der Waals surface area contributed by atoms with Gasteiger partial charge in [-0.3, -0.25) is 0 Å². The van der Waals surface area contributed by atoms with Gasteiger partial charge in [0, 0.05) is 6.54 Å². The Morgan fingerprint density at radius 1 is 1.50 bits per heavy atom. The summed E-state index contributed by atoms with van der Waals surface area (Å²) in [5, 5.41) is 3.21. The highest BCUT2D eigenvalue weighted by Crippen LogP contribution is 2.22. The molecule has 14 heavy (non-hydrogen) atoms. The van der Waals surface area contributed by atoms with Crippen LogP contribution in [0, 0.1) is 5.92 Å². The van der Waals surface area contributed by atoms with Gasteiger partial charge in [0.05, 0.1) is 12.2 Å². The summed E-state index contributed by atoms with van der Waals surface area (Å²) in [5.74, 6) is 0.613. The lowest BCUT2D eigenvalue weighted by Gasteiger charge is -2.14. The Labute approximate surface area is 87.7 Å².